The molecule has 0 aromatic heterocycles. The van der Waals surface area contributed by atoms with Crippen LogP contribution in [0.1, 0.15) is 31.7 Å². The second kappa shape index (κ2) is 9.69. The number of carbonyl (C=O) groups excluding carboxylic acids is 2. The topological polar surface area (TPSA) is 67.8 Å². The zero-order valence-electron chi connectivity index (χ0n) is 13.6. The lowest BCUT2D eigenvalue weighted by atomic mass is 10.1. The van der Waals surface area contributed by atoms with Crippen molar-refractivity contribution in [2.45, 2.75) is 31.9 Å². The zero-order chi connectivity index (χ0) is 17.4. The molecular weight excluding hydrogens is 348 g/mol. The first-order valence-electron chi connectivity index (χ1n) is 7.95. The van der Waals surface area contributed by atoms with Gasteiger partial charge in [0.2, 0.25) is 5.91 Å². The molecule has 24 heavy (non-hydrogen) atoms. The molecule has 0 saturated heterocycles. The van der Waals surface area contributed by atoms with E-state index in [0.29, 0.717) is 23.1 Å². The number of thioether (sulfide) groups is 1. The van der Waals surface area contributed by atoms with E-state index in [1.165, 1.54) is 11.8 Å². The van der Waals surface area contributed by atoms with Gasteiger partial charge in [-0.2, -0.15) is 5.10 Å². The second-order valence-electron chi connectivity index (χ2n) is 5.42. The first-order valence-corrected chi connectivity index (χ1v) is 9.48. The van der Waals surface area contributed by atoms with E-state index >= 15 is 0 Å². The summed E-state index contributed by atoms with van der Waals surface area (Å²) in [5.74, 6) is 0.187. The van der Waals surface area contributed by atoms with Crippen LogP contribution in [0.25, 0.3) is 0 Å². The van der Waals surface area contributed by atoms with Crippen LogP contribution in [0.3, 0.4) is 0 Å². The molecule has 1 amide bonds. The van der Waals surface area contributed by atoms with Crippen LogP contribution in [-0.4, -0.2) is 29.9 Å². The number of amides is 1. The minimum absolute atomic E-state index is 0.186. The van der Waals surface area contributed by atoms with Crippen LogP contribution in [0.4, 0.5) is 0 Å². The van der Waals surface area contributed by atoms with Crippen molar-refractivity contribution in [2.75, 3.05) is 12.4 Å². The van der Waals surface area contributed by atoms with Crippen molar-refractivity contribution in [3.63, 3.8) is 0 Å². The number of esters is 1. The maximum absolute atomic E-state index is 11.9. The van der Waals surface area contributed by atoms with Gasteiger partial charge in [0.25, 0.3) is 0 Å². The summed E-state index contributed by atoms with van der Waals surface area (Å²) in [6.07, 6.45) is 2.34. The van der Waals surface area contributed by atoms with Gasteiger partial charge in [0.05, 0.1) is 24.0 Å². The lowest BCUT2D eigenvalue weighted by Crippen LogP contribution is -2.26. The Hall–Kier alpha value is -1.53. The van der Waals surface area contributed by atoms with E-state index in [1.807, 2.05) is 24.3 Å². The van der Waals surface area contributed by atoms with E-state index in [4.69, 9.17) is 16.3 Å². The number of halogens is 1. The molecule has 0 radical (unpaired) electrons. The van der Waals surface area contributed by atoms with Crippen molar-refractivity contribution in [1.82, 2.24) is 5.43 Å². The Morgan fingerprint density at radius 3 is 2.96 bits per heavy atom. The molecule has 1 saturated carbocycles. The van der Waals surface area contributed by atoms with Crippen LogP contribution in [0.15, 0.2) is 29.4 Å². The van der Waals surface area contributed by atoms with Gasteiger partial charge >= 0.3 is 5.97 Å². The lowest BCUT2D eigenvalue weighted by Gasteiger charge is -2.10. The highest BCUT2D eigenvalue weighted by atomic mass is 35.5. The third-order valence-corrected chi connectivity index (χ3v) is 5.02. The number of nitrogens with zero attached hydrogens (tertiary/aromatic N) is 1. The fraction of sp³-hybridized carbons (Fsp3) is 0.471. The van der Waals surface area contributed by atoms with Gasteiger partial charge in [-0.05, 0) is 37.8 Å². The summed E-state index contributed by atoms with van der Waals surface area (Å²) in [6, 6.07) is 7.57. The highest BCUT2D eigenvalue weighted by molar-refractivity contribution is 7.99. The van der Waals surface area contributed by atoms with Crippen LogP contribution >= 0.6 is 23.4 Å². The molecule has 1 N–H and O–H groups in total. The molecule has 5 nitrogen and oxygen atoms in total. The molecule has 1 aliphatic carbocycles. The highest BCUT2D eigenvalue weighted by Crippen LogP contribution is 2.24. The van der Waals surface area contributed by atoms with E-state index in [-0.39, 0.29) is 23.5 Å². The Balaban J connectivity index is 1.78. The van der Waals surface area contributed by atoms with Crippen molar-refractivity contribution in [3.8, 4) is 0 Å². The maximum Gasteiger partial charge on any atom is 0.314 e. The van der Waals surface area contributed by atoms with Gasteiger partial charge in [0.15, 0.2) is 0 Å². The molecular formula is C17H21ClN2O3S. The number of hydrazone groups is 1. The molecule has 1 unspecified atom stereocenters. The molecule has 130 valence electrons. The van der Waals surface area contributed by atoms with Crippen LogP contribution in [0, 0.1) is 5.92 Å². The summed E-state index contributed by atoms with van der Waals surface area (Å²) in [4.78, 5) is 23.7. The van der Waals surface area contributed by atoms with Gasteiger partial charge in [-0.1, -0.05) is 29.8 Å². The smallest absolute Gasteiger partial charge is 0.314 e. The largest absolute Gasteiger partial charge is 0.465 e. The Morgan fingerprint density at radius 1 is 1.42 bits per heavy atom. The van der Waals surface area contributed by atoms with Gasteiger partial charge in [0, 0.05) is 10.8 Å². The summed E-state index contributed by atoms with van der Waals surface area (Å²) >= 11 is 7.55. The van der Waals surface area contributed by atoms with Gasteiger partial charge in [-0.15, -0.1) is 11.8 Å². The van der Waals surface area contributed by atoms with Gasteiger partial charge in [-0.25, -0.2) is 5.43 Å². The van der Waals surface area contributed by atoms with Crippen molar-refractivity contribution >= 4 is 41.0 Å². The summed E-state index contributed by atoms with van der Waals surface area (Å²) < 4.78 is 5.04. The molecule has 1 atom stereocenters. The Morgan fingerprint density at radius 2 is 2.21 bits per heavy atom. The van der Waals surface area contributed by atoms with E-state index in [2.05, 4.69) is 10.5 Å². The van der Waals surface area contributed by atoms with Crippen LogP contribution < -0.4 is 5.43 Å². The number of carbonyl (C=O) groups is 2. The summed E-state index contributed by atoms with van der Waals surface area (Å²) in [6.45, 7) is 2.13. The quantitative estimate of drug-likeness (QED) is 0.591. The monoisotopic (exact) mass is 368 g/mol. The Bertz CT molecular complexity index is 622. The standard InChI is InChI=1S/C17H21ClN2O3S/c1-2-23-17(22)13-7-5-9-15(13)19-20-16(21)11-24-10-12-6-3-4-8-14(12)18/h3-4,6,8,13H,2,5,7,9-11H2,1H3,(H,20,21)/b19-15-. The van der Waals surface area contributed by atoms with Crippen molar-refractivity contribution in [2.24, 2.45) is 11.0 Å². The Labute approximate surface area is 151 Å². The van der Waals surface area contributed by atoms with Crippen molar-refractivity contribution in [1.29, 1.82) is 0 Å². The van der Waals surface area contributed by atoms with Crippen molar-refractivity contribution in [3.05, 3.63) is 34.9 Å². The van der Waals surface area contributed by atoms with Crippen molar-refractivity contribution < 1.29 is 14.3 Å². The number of hydrogen-bond donors (Lipinski definition) is 1. The minimum Gasteiger partial charge on any atom is -0.465 e. The third-order valence-electron chi connectivity index (χ3n) is 3.67. The molecule has 1 aromatic carbocycles. The number of benzene rings is 1. The molecule has 0 aliphatic heterocycles. The second-order valence-corrected chi connectivity index (χ2v) is 6.81. The third kappa shape index (κ3) is 5.53. The lowest BCUT2D eigenvalue weighted by molar-refractivity contribution is -0.145. The van der Waals surface area contributed by atoms with Gasteiger partial charge < -0.3 is 4.74 Å². The number of hydrogen-bond acceptors (Lipinski definition) is 5. The average molecular weight is 369 g/mol. The normalized spacial score (nSPS) is 18.6. The van der Waals surface area contributed by atoms with Crippen LogP contribution in [0.2, 0.25) is 5.02 Å². The van der Waals surface area contributed by atoms with E-state index in [9.17, 15) is 9.59 Å². The van der Waals surface area contributed by atoms with Gasteiger partial charge in [-0.3, -0.25) is 9.59 Å². The molecule has 0 spiro atoms. The molecule has 0 bridgehead atoms. The number of nitrogens with one attached hydrogen (secondary N) is 1. The minimum atomic E-state index is -0.318. The molecule has 7 heteroatoms. The molecule has 1 aromatic rings. The van der Waals surface area contributed by atoms with Crippen LogP contribution in [-0.2, 0) is 20.1 Å². The number of ether oxygens (including phenoxy) is 1. The number of rotatable bonds is 7. The fourth-order valence-corrected chi connectivity index (χ4v) is 3.60. The highest BCUT2D eigenvalue weighted by Gasteiger charge is 2.30. The molecule has 0 heterocycles. The molecule has 1 aliphatic rings. The average Bonchev–Trinajstić information content (AvgIpc) is 3.03. The van der Waals surface area contributed by atoms with Gasteiger partial charge in [0.1, 0.15) is 0 Å². The summed E-state index contributed by atoms with van der Waals surface area (Å²) in [7, 11) is 0. The molecule has 2 rings (SSSR count). The molecule has 1 fully saturated rings. The zero-order valence-corrected chi connectivity index (χ0v) is 15.2. The Kier molecular flexibility index (Phi) is 7.59. The van der Waals surface area contributed by atoms with E-state index in [0.717, 1.165) is 24.8 Å². The van der Waals surface area contributed by atoms with Crippen LogP contribution in [0.5, 0.6) is 0 Å². The fourth-order valence-electron chi connectivity index (χ4n) is 2.49. The summed E-state index contributed by atoms with van der Waals surface area (Å²) in [5, 5.41) is 4.83. The summed E-state index contributed by atoms with van der Waals surface area (Å²) in [5.41, 5.74) is 4.25. The predicted molar refractivity (Wildman–Crippen MR) is 97.2 cm³/mol. The first-order chi connectivity index (χ1) is 11.6. The maximum atomic E-state index is 11.9. The van der Waals surface area contributed by atoms with E-state index < -0.39 is 0 Å². The van der Waals surface area contributed by atoms with E-state index in [1.54, 1.807) is 6.92 Å². The first kappa shape index (κ1) is 18.8. The predicted octanol–water partition coefficient (Wildman–Crippen LogP) is 3.41. The SMILES string of the molecule is CCOC(=O)C1CCC/C1=N/NC(=O)CSCc1ccccc1Cl.